The normalized spacial score (nSPS) is 10.6. The van der Waals surface area contributed by atoms with Gasteiger partial charge in [0.15, 0.2) is 0 Å². The Morgan fingerprint density at radius 1 is 1.37 bits per heavy atom. The summed E-state index contributed by atoms with van der Waals surface area (Å²) in [5.74, 6) is 0.790. The number of methoxy groups -OCH3 is 2. The summed E-state index contributed by atoms with van der Waals surface area (Å²) in [6, 6.07) is 6.05. The molecule has 0 aliphatic heterocycles. The van der Waals surface area contributed by atoms with E-state index in [1.165, 1.54) is 0 Å². The van der Waals surface area contributed by atoms with Gasteiger partial charge in [-0.15, -0.1) is 0 Å². The van der Waals surface area contributed by atoms with Gasteiger partial charge in [-0.3, -0.25) is 0 Å². The minimum atomic E-state index is 0.315. The zero-order valence-electron chi connectivity index (χ0n) is 12.0. The van der Waals surface area contributed by atoms with Gasteiger partial charge in [-0.05, 0) is 26.0 Å². The van der Waals surface area contributed by atoms with Crippen molar-refractivity contribution in [2.24, 2.45) is 5.73 Å². The number of nitrogens with zero attached hydrogens (tertiary/aromatic N) is 1. The quantitative estimate of drug-likeness (QED) is 0.777. The summed E-state index contributed by atoms with van der Waals surface area (Å²) < 4.78 is 10.4. The number of rotatable bonds is 7. The Balaban J connectivity index is 3.20. The van der Waals surface area contributed by atoms with Gasteiger partial charge in [-0.25, -0.2) is 0 Å². The van der Waals surface area contributed by atoms with Gasteiger partial charge in [-0.1, -0.05) is 12.2 Å². The molecule has 0 heterocycles. The Morgan fingerprint density at radius 2 is 2.05 bits per heavy atom. The highest BCUT2D eigenvalue weighted by Gasteiger charge is 2.16. The summed E-state index contributed by atoms with van der Waals surface area (Å²) in [5, 5.41) is 0. The monoisotopic (exact) mass is 282 g/mol. The summed E-state index contributed by atoms with van der Waals surface area (Å²) in [7, 11) is 3.34. The first-order chi connectivity index (χ1) is 9.01. The Labute approximate surface area is 120 Å². The standard InChI is InChI=1S/C14H22N2O2S/c1-10(2)16(7-8-17-3)13-9-11(18-4)5-6-12(13)14(15)19/h5-6,9-10H,7-8H2,1-4H3,(H2,15,19). The van der Waals surface area contributed by atoms with Gasteiger partial charge >= 0.3 is 0 Å². The topological polar surface area (TPSA) is 47.7 Å². The highest BCUT2D eigenvalue weighted by Crippen LogP contribution is 2.27. The van der Waals surface area contributed by atoms with Crippen LogP contribution in [-0.4, -0.2) is 38.4 Å². The average molecular weight is 282 g/mol. The van der Waals surface area contributed by atoms with Crippen LogP contribution in [0, 0.1) is 0 Å². The molecule has 0 amide bonds. The van der Waals surface area contributed by atoms with E-state index in [0.717, 1.165) is 23.5 Å². The molecule has 0 bridgehead atoms. The third-order valence-corrected chi connectivity index (χ3v) is 3.16. The van der Waals surface area contributed by atoms with Crippen LogP contribution in [0.15, 0.2) is 18.2 Å². The molecular formula is C14H22N2O2S. The largest absolute Gasteiger partial charge is 0.497 e. The van der Waals surface area contributed by atoms with Crippen molar-refractivity contribution in [2.75, 3.05) is 32.3 Å². The molecule has 0 aliphatic rings. The summed E-state index contributed by atoms with van der Waals surface area (Å²) in [4.78, 5) is 2.60. The minimum absolute atomic E-state index is 0.315. The number of ether oxygens (including phenoxy) is 2. The fraction of sp³-hybridized carbons (Fsp3) is 0.500. The van der Waals surface area contributed by atoms with E-state index < -0.39 is 0 Å². The fourth-order valence-corrected chi connectivity index (χ4v) is 2.10. The van der Waals surface area contributed by atoms with Crippen LogP contribution in [0.1, 0.15) is 19.4 Å². The molecule has 0 spiro atoms. The highest BCUT2D eigenvalue weighted by atomic mass is 32.1. The minimum Gasteiger partial charge on any atom is -0.497 e. The van der Waals surface area contributed by atoms with Gasteiger partial charge in [0.25, 0.3) is 0 Å². The van der Waals surface area contributed by atoms with E-state index in [1.807, 2.05) is 18.2 Å². The molecule has 5 heteroatoms. The average Bonchev–Trinajstić information content (AvgIpc) is 2.38. The van der Waals surface area contributed by atoms with Crippen molar-refractivity contribution in [3.8, 4) is 5.75 Å². The molecule has 0 saturated carbocycles. The molecule has 0 saturated heterocycles. The number of thiocarbonyl (C=S) groups is 1. The van der Waals surface area contributed by atoms with Crippen LogP contribution in [0.2, 0.25) is 0 Å². The van der Waals surface area contributed by atoms with Crippen molar-refractivity contribution in [3.63, 3.8) is 0 Å². The van der Waals surface area contributed by atoms with Crippen LogP contribution in [-0.2, 0) is 4.74 Å². The van der Waals surface area contributed by atoms with Crippen molar-refractivity contribution in [1.29, 1.82) is 0 Å². The van der Waals surface area contributed by atoms with Crippen LogP contribution in [0.3, 0.4) is 0 Å². The van der Waals surface area contributed by atoms with Gasteiger partial charge in [0.1, 0.15) is 10.7 Å². The third-order valence-electron chi connectivity index (χ3n) is 2.94. The number of hydrogen-bond acceptors (Lipinski definition) is 4. The lowest BCUT2D eigenvalue weighted by molar-refractivity contribution is 0.204. The lowest BCUT2D eigenvalue weighted by Gasteiger charge is -2.30. The van der Waals surface area contributed by atoms with Gasteiger partial charge in [0.05, 0.1) is 19.4 Å². The number of benzene rings is 1. The van der Waals surface area contributed by atoms with Crippen molar-refractivity contribution >= 4 is 22.9 Å². The summed E-state index contributed by atoms with van der Waals surface area (Å²) >= 11 is 5.13. The summed E-state index contributed by atoms with van der Waals surface area (Å²) in [5.41, 5.74) is 7.65. The first kappa shape index (κ1) is 15.7. The molecular weight excluding hydrogens is 260 g/mol. The SMILES string of the molecule is COCCN(c1cc(OC)ccc1C(N)=S)C(C)C. The van der Waals surface area contributed by atoms with E-state index in [1.54, 1.807) is 14.2 Å². The van der Waals surface area contributed by atoms with Gasteiger partial charge in [0, 0.05) is 31.3 Å². The molecule has 0 aliphatic carbocycles. The molecule has 0 aromatic heterocycles. The Bertz CT molecular complexity index is 435. The fourth-order valence-electron chi connectivity index (χ4n) is 1.93. The molecule has 106 valence electrons. The number of nitrogens with two attached hydrogens (primary N) is 1. The first-order valence-electron chi connectivity index (χ1n) is 6.24. The zero-order valence-corrected chi connectivity index (χ0v) is 12.8. The molecule has 0 fully saturated rings. The van der Waals surface area contributed by atoms with Crippen molar-refractivity contribution < 1.29 is 9.47 Å². The number of anilines is 1. The third kappa shape index (κ3) is 4.08. The van der Waals surface area contributed by atoms with Crippen LogP contribution >= 0.6 is 12.2 Å². The van der Waals surface area contributed by atoms with Gasteiger partial charge in [0.2, 0.25) is 0 Å². The molecule has 2 N–H and O–H groups in total. The molecule has 0 atom stereocenters. The van der Waals surface area contributed by atoms with E-state index in [0.29, 0.717) is 17.6 Å². The highest BCUT2D eigenvalue weighted by molar-refractivity contribution is 7.80. The van der Waals surface area contributed by atoms with E-state index >= 15 is 0 Å². The zero-order chi connectivity index (χ0) is 14.4. The Kier molecular flexibility index (Phi) is 6.05. The van der Waals surface area contributed by atoms with E-state index in [4.69, 9.17) is 27.4 Å². The van der Waals surface area contributed by atoms with Crippen LogP contribution in [0.5, 0.6) is 5.75 Å². The van der Waals surface area contributed by atoms with Crippen LogP contribution < -0.4 is 15.4 Å². The Morgan fingerprint density at radius 3 is 2.53 bits per heavy atom. The molecule has 4 nitrogen and oxygen atoms in total. The molecule has 1 aromatic carbocycles. The van der Waals surface area contributed by atoms with Crippen molar-refractivity contribution in [2.45, 2.75) is 19.9 Å². The number of hydrogen-bond donors (Lipinski definition) is 1. The lowest BCUT2D eigenvalue weighted by Crippen LogP contribution is -2.35. The second-order valence-electron chi connectivity index (χ2n) is 4.53. The molecule has 0 unspecified atom stereocenters. The molecule has 19 heavy (non-hydrogen) atoms. The van der Waals surface area contributed by atoms with E-state index in [2.05, 4.69) is 18.7 Å². The Hall–Kier alpha value is -1.33. The maximum absolute atomic E-state index is 5.81. The predicted molar refractivity (Wildman–Crippen MR) is 83.2 cm³/mol. The maximum Gasteiger partial charge on any atom is 0.120 e. The predicted octanol–water partition coefficient (Wildman–Crippen LogP) is 2.19. The second-order valence-corrected chi connectivity index (χ2v) is 4.97. The lowest BCUT2D eigenvalue weighted by atomic mass is 10.1. The van der Waals surface area contributed by atoms with Gasteiger partial charge < -0.3 is 20.1 Å². The summed E-state index contributed by atoms with van der Waals surface area (Å²) in [6.07, 6.45) is 0. The first-order valence-corrected chi connectivity index (χ1v) is 6.65. The second kappa shape index (κ2) is 7.31. The van der Waals surface area contributed by atoms with E-state index in [-0.39, 0.29) is 0 Å². The smallest absolute Gasteiger partial charge is 0.120 e. The van der Waals surface area contributed by atoms with Crippen LogP contribution in [0.4, 0.5) is 5.69 Å². The van der Waals surface area contributed by atoms with Gasteiger partial charge in [-0.2, -0.15) is 0 Å². The van der Waals surface area contributed by atoms with Crippen molar-refractivity contribution in [1.82, 2.24) is 0 Å². The van der Waals surface area contributed by atoms with Crippen molar-refractivity contribution in [3.05, 3.63) is 23.8 Å². The van der Waals surface area contributed by atoms with E-state index in [9.17, 15) is 0 Å². The molecule has 1 rings (SSSR count). The molecule has 0 radical (unpaired) electrons. The summed E-state index contributed by atoms with van der Waals surface area (Å²) in [6.45, 7) is 5.67. The molecule has 1 aromatic rings. The van der Waals surface area contributed by atoms with Crippen LogP contribution in [0.25, 0.3) is 0 Å². The maximum atomic E-state index is 5.81.